The average molecular weight is 239 g/mol. The number of rotatable bonds is 6. The number of nitrogens with zero attached hydrogens (tertiary/aromatic N) is 4. The van der Waals surface area contributed by atoms with Gasteiger partial charge in [-0.05, 0) is 21.1 Å². The summed E-state index contributed by atoms with van der Waals surface area (Å²) in [5.41, 5.74) is 0. The summed E-state index contributed by atoms with van der Waals surface area (Å²) in [6.45, 7) is 7.51. The maximum absolute atomic E-state index is 8.90. The minimum atomic E-state index is -0.0386. The monoisotopic (exact) mass is 239 g/mol. The van der Waals surface area contributed by atoms with Gasteiger partial charge in [0.1, 0.15) is 6.04 Å². The van der Waals surface area contributed by atoms with Gasteiger partial charge in [-0.1, -0.05) is 0 Å². The second-order valence-electron chi connectivity index (χ2n) is 4.92. The van der Waals surface area contributed by atoms with Crippen LogP contribution >= 0.6 is 0 Å². The summed E-state index contributed by atoms with van der Waals surface area (Å²) in [5, 5.41) is 11.9. The fourth-order valence-corrected chi connectivity index (χ4v) is 1.99. The van der Waals surface area contributed by atoms with Crippen molar-refractivity contribution in [2.75, 3.05) is 67.0 Å². The lowest BCUT2D eigenvalue weighted by atomic mass is 10.2. The fourth-order valence-electron chi connectivity index (χ4n) is 1.99. The Morgan fingerprint density at radius 2 is 1.82 bits per heavy atom. The highest BCUT2D eigenvalue weighted by molar-refractivity contribution is 4.91. The van der Waals surface area contributed by atoms with Gasteiger partial charge >= 0.3 is 0 Å². The number of hydrogen-bond acceptors (Lipinski definition) is 5. The molecule has 1 heterocycles. The number of piperazine rings is 1. The Bertz CT molecular complexity index is 240. The van der Waals surface area contributed by atoms with Gasteiger partial charge in [0.15, 0.2) is 0 Å². The van der Waals surface area contributed by atoms with Gasteiger partial charge in [0.25, 0.3) is 0 Å². The van der Waals surface area contributed by atoms with E-state index in [4.69, 9.17) is 5.26 Å². The highest BCUT2D eigenvalue weighted by Crippen LogP contribution is 2.02. The highest BCUT2D eigenvalue weighted by atomic mass is 15.3. The molecule has 1 saturated heterocycles. The summed E-state index contributed by atoms with van der Waals surface area (Å²) >= 11 is 0. The molecule has 0 aliphatic carbocycles. The zero-order valence-corrected chi connectivity index (χ0v) is 11.3. The van der Waals surface area contributed by atoms with Crippen molar-refractivity contribution in [1.29, 1.82) is 5.26 Å². The summed E-state index contributed by atoms with van der Waals surface area (Å²) < 4.78 is 0. The van der Waals surface area contributed by atoms with Crippen LogP contribution in [0.1, 0.15) is 0 Å². The molecule has 1 rings (SSSR count). The second kappa shape index (κ2) is 7.62. The maximum Gasteiger partial charge on any atom is 0.108 e. The molecule has 0 aromatic heterocycles. The molecular weight excluding hydrogens is 214 g/mol. The number of nitrogens with one attached hydrogen (secondary N) is 1. The Hall–Kier alpha value is -0.670. The van der Waals surface area contributed by atoms with Gasteiger partial charge in [-0.25, -0.2) is 0 Å². The topological polar surface area (TPSA) is 45.5 Å². The molecule has 1 unspecified atom stereocenters. The number of likely N-dealkylation sites (N-methyl/N-ethyl adjacent to an activating group) is 2. The molecule has 1 fully saturated rings. The molecule has 17 heavy (non-hydrogen) atoms. The van der Waals surface area contributed by atoms with Gasteiger partial charge in [0.05, 0.1) is 6.07 Å². The van der Waals surface area contributed by atoms with Crippen molar-refractivity contribution in [2.24, 2.45) is 0 Å². The standard InChI is InChI=1S/C12H25N5/c1-14-12(10-13)11-17-8-6-16(7-9-17)5-4-15(2)3/h12,14H,4-9,11H2,1-3H3. The average Bonchev–Trinajstić information content (AvgIpc) is 2.34. The van der Waals surface area contributed by atoms with Gasteiger partial charge in [-0.15, -0.1) is 0 Å². The smallest absolute Gasteiger partial charge is 0.108 e. The van der Waals surface area contributed by atoms with Crippen molar-refractivity contribution in [3.8, 4) is 6.07 Å². The van der Waals surface area contributed by atoms with Gasteiger partial charge in [-0.3, -0.25) is 9.80 Å². The molecule has 0 radical (unpaired) electrons. The van der Waals surface area contributed by atoms with E-state index >= 15 is 0 Å². The predicted octanol–water partition coefficient (Wildman–Crippen LogP) is -0.723. The van der Waals surface area contributed by atoms with Crippen molar-refractivity contribution < 1.29 is 0 Å². The SMILES string of the molecule is CNC(C#N)CN1CCN(CCN(C)C)CC1. The van der Waals surface area contributed by atoms with E-state index in [2.05, 4.69) is 40.2 Å². The van der Waals surface area contributed by atoms with Gasteiger partial charge in [0, 0.05) is 45.8 Å². The summed E-state index contributed by atoms with van der Waals surface area (Å²) in [7, 11) is 6.07. The van der Waals surface area contributed by atoms with Gasteiger partial charge in [0.2, 0.25) is 0 Å². The van der Waals surface area contributed by atoms with Crippen LogP contribution in [0.2, 0.25) is 0 Å². The molecule has 0 aromatic carbocycles. The van der Waals surface area contributed by atoms with Crippen LogP contribution in [0, 0.1) is 11.3 Å². The summed E-state index contributed by atoms with van der Waals surface area (Å²) in [4.78, 5) is 7.09. The Kier molecular flexibility index (Phi) is 6.45. The molecule has 5 heteroatoms. The molecule has 1 atom stereocenters. The Labute approximate surface area is 105 Å². The molecule has 1 aliphatic heterocycles. The molecule has 5 nitrogen and oxygen atoms in total. The van der Waals surface area contributed by atoms with E-state index in [1.165, 1.54) is 0 Å². The molecule has 0 bridgehead atoms. The molecule has 1 aliphatic rings. The first kappa shape index (κ1) is 14.4. The van der Waals surface area contributed by atoms with E-state index in [0.29, 0.717) is 0 Å². The first-order valence-corrected chi connectivity index (χ1v) is 6.32. The van der Waals surface area contributed by atoms with Crippen LogP contribution in [-0.4, -0.2) is 87.7 Å². The van der Waals surface area contributed by atoms with Crippen molar-refractivity contribution in [1.82, 2.24) is 20.0 Å². The normalized spacial score (nSPS) is 20.4. The third-order valence-corrected chi connectivity index (χ3v) is 3.27. The quantitative estimate of drug-likeness (QED) is 0.662. The van der Waals surface area contributed by atoms with Gasteiger partial charge in [-0.2, -0.15) is 5.26 Å². The molecule has 0 spiro atoms. The van der Waals surface area contributed by atoms with Crippen LogP contribution in [0.4, 0.5) is 0 Å². The maximum atomic E-state index is 8.90. The van der Waals surface area contributed by atoms with Crippen molar-refractivity contribution in [2.45, 2.75) is 6.04 Å². The minimum absolute atomic E-state index is 0.0386. The largest absolute Gasteiger partial charge is 0.308 e. The van der Waals surface area contributed by atoms with Crippen LogP contribution in [0.15, 0.2) is 0 Å². The highest BCUT2D eigenvalue weighted by Gasteiger charge is 2.18. The summed E-state index contributed by atoms with van der Waals surface area (Å²) in [6.07, 6.45) is 0. The predicted molar refractivity (Wildman–Crippen MR) is 69.9 cm³/mol. The molecule has 98 valence electrons. The molecular formula is C12H25N5. The first-order valence-electron chi connectivity index (χ1n) is 6.32. The molecule has 1 N–H and O–H groups in total. The third-order valence-electron chi connectivity index (χ3n) is 3.27. The summed E-state index contributed by atoms with van der Waals surface area (Å²) in [6, 6.07) is 2.24. The molecule has 0 saturated carbocycles. The number of hydrogen-bond donors (Lipinski definition) is 1. The van der Waals surface area contributed by atoms with E-state index in [9.17, 15) is 0 Å². The van der Waals surface area contributed by atoms with Crippen LogP contribution in [0.25, 0.3) is 0 Å². The summed E-state index contributed by atoms with van der Waals surface area (Å²) in [5.74, 6) is 0. The van der Waals surface area contributed by atoms with Gasteiger partial charge < -0.3 is 10.2 Å². The van der Waals surface area contributed by atoms with Crippen LogP contribution < -0.4 is 5.32 Å². The van der Waals surface area contributed by atoms with E-state index in [1.807, 2.05) is 7.05 Å². The van der Waals surface area contributed by atoms with Crippen molar-refractivity contribution >= 4 is 0 Å². The zero-order chi connectivity index (χ0) is 12.7. The lowest BCUT2D eigenvalue weighted by Crippen LogP contribution is -2.51. The lowest BCUT2D eigenvalue weighted by Gasteiger charge is -2.35. The van der Waals surface area contributed by atoms with E-state index in [0.717, 1.165) is 45.8 Å². The zero-order valence-electron chi connectivity index (χ0n) is 11.3. The van der Waals surface area contributed by atoms with E-state index in [-0.39, 0.29) is 6.04 Å². The van der Waals surface area contributed by atoms with Crippen LogP contribution in [0.3, 0.4) is 0 Å². The van der Waals surface area contributed by atoms with Crippen LogP contribution in [-0.2, 0) is 0 Å². The second-order valence-corrected chi connectivity index (χ2v) is 4.92. The van der Waals surface area contributed by atoms with Crippen LogP contribution in [0.5, 0.6) is 0 Å². The Morgan fingerprint density at radius 1 is 1.24 bits per heavy atom. The first-order chi connectivity index (χ1) is 8.15. The van der Waals surface area contributed by atoms with Crippen molar-refractivity contribution in [3.63, 3.8) is 0 Å². The van der Waals surface area contributed by atoms with Crippen molar-refractivity contribution in [3.05, 3.63) is 0 Å². The lowest BCUT2D eigenvalue weighted by molar-refractivity contribution is 0.122. The number of nitriles is 1. The molecule has 0 aromatic rings. The minimum Gasteiger partial charge on any atom is -0.308 e. The van der Waals surface area contributed by atoms with E-state index < -0.39 is 0 Å². The molecule has 0 amide bonds. The van der Waals surface area contributed by atoms with E-state index in [1.54, 1.807) is 0 Å². The Balaban J connectivity index is 2.19. The Morgan fingerprint density at radius 3 is 2.29 bits per heavy atom. The third kappa shape index (κ3) is 5.46. The fraction of sp³-hybridized carbons (Fsp3) is 0.917.